The second-order valence-corrected chi connectivity index (χ2v) is 5.12. The van der Waals surface area contributed by atoms with Gasteiger partial charge in [-0.05, 0) is 32.4 Å². The van der Waals surface area contributed by atoms with Crippen LogP contribution in [0.15, 0.2) is 10.6 Å². The van der Waals surface area contributed by atoms with Gasteiger partial charge in [0.15, 0.2) is 5.82 Å². The normalized spacial score (nSPS) is 20.4. The second-order valence-electron chi connectivity index (χ2n) is 5.12. The summed E-state index contributed by atoms with van der Waals surface area (Å²) < 4.78 is 5.32. The molecule has 0 bridgehead atoms. The van der Waals surface area contributed by atoms with Crippen molar-refractivity contribution in [3.63, 3.8) is 0 Å². The highest BCUT2D eigenvalue weighted by atomic mass is 16.5. The first-order valence-corrected chi connectivity index (χ1v) is 6.88. The highest BCUT2D eigenvalue weighted by Gasteiger charge is 2.19. The van der Waals surface area contributed by atoms with Crippen molar-refractivity contribution in [1.82, 2.24) is 25.7 Å². The Morgan fingerprint density at radius 1 is 1.37 bits per heavy atom. The third-order valence-electron chi connectivity index (χ3n) is 3.45. The van der Waals surface area contributed by atoms with E-state index in [0.717, 1.165) is 30.2 Å². The van der Waals surface area contributed by atoms with Crippen molar-refractivity contribution in [2.45, 2.75) is 45.1 Å². The van der Waals surface area contributed by atoms with Crippen LogP contribution in [0, 0.1) is 6.92 Å². The third kappa shape index (κ3) is 3.01. The Bertz CT molecular complexity index is 525. The van der Waals surface area contributed by atoms with Gasteiger partial charge in [-0.25, -0.2) is 0 Å². The molecule has 19 heavy (non-hydrogen) atoms. The third-order valence-corrected chi connectivity index (χ3v) is 3.45. The molecule has 0 saturated carbocycles. The van der Waals surface area contributed by atoms with Crippen LogP contribution in [0.1, 0.15) is 54.8 Å². The SMILES string of the molecule is Cc1cc(Cc2nc(C3CCCCCN3)no2)n[nH]1. The molecule has 6 nitrogen and oxygen atoms in total. The Labute approximate surface area is 112 Å². The van der Waals surface area contributed by atoms with Crippen molar-refractivity contribution >= 4 is 0 Å². The Morgan fingerprint density at radius 2 is 2.32 bits per heavy atom. The summed E-state index contributed by atoms with van der Waals surface area (Å²) in [7, 11) is 0. The van der Waals surface area contributed by atoms with E-state index in [1.165, 1.54) is 19.3 Å². The molecule has 0 amide bonds. The fraction of sp³-hybridized carbons (Fsp3) is 0.615. The van der Waals surface area contributed by atoms with Crippen LogP contribution in [0.4, 0.5) is 0 Å². The summed E-state index contributed by atoms with van der Waals surface area (Å²) in [5, 5.41) is 14.7. The largest absolute Gasteiger partial charge is 0.339 e. The molecule has 102 valence electrons. The van der Waals surface area contributed by atoms with Crippen molar-refractivity contribution in [2.75, 3.05) is 6.54 Å². The maximum Gasteiger partial charge on any atom is 0.232 e. The van der Waals surface area contributed by atoms with Gasteiger partial charge in [-0.15, -0.1) is 0 Å². The van der Waals surface area contributed by atoms with Crippen LogP contribution >= 0.6 is 0 Å². The van der Waals surface area contributed by atoms with E-state index in [-0.39, 0.29) is 6.04 Å². The zero-order valence-electron chi connectivity index (χ0n) is 11.1. The zero-order chi connectivity index (χ0) is 13.1. The van der Waals surface area contributed by atoms with Gasteiger partial charge in [0.1, 0.15) is 0 Å². The van der Waals surface area contributed by atoms with Gasteiger partial charge < -0.3 is 9.84 Å². The number of nitrogens with zero attached hydrogens (tertiary/aromatic N) is 3. The van der Waals surface area contributed by atoms with Crippen LogP contribution in [0.5, 0.6) is 0 Å². The maximum absolute atomic E-state index is 5.32. The van der Waals surface area contributed by atoms with Crippen LogP contribution in [0.2, 0.25) is 0 Å². The molecule has 2 N–H and O–H groups in total. The lowest BCUT2D eigenvalue weighted by Crippen LogP contribution is -2.21. The monoisotopic (exact) mass is 261 g/mol. The van der Waals surface area contributed by atoms with E-state index in [4.69, 9.17) is 4.52 Å². The van der Waals surface area contributed by atoms with E-state index in [2.05, 4.69) is 25.7 Å². The van der Waals surface area contributed by atoms with E-state index >= 15 is 0 Å². The molecule has 1 aliphatic heterocycles. The predicted molar refractivity (Wildman–Crippen MR) is 69.6 cm³/mol. The molecule has 1 saturated heterocycles. The lowest BCUT2D eigenvalue weighted by molar-refractivity contribution is 0.368. The first-order chi connectivity index (χ1) is 9.31. The van der Waals surface area contributed by atoms with E-state index < -0.39 is 0 Å². The number of nitrogens with one attached hydrogen (secondary N) is 2. The molecule has 1 unspecified atom stereocenters. The minimum atomic E-state index is 0.237. The first kappa shape index (κ1) is 12.3. The van der Waals surface area contributed by atoms with E-state index in [1.54, 1.807) is 0 Å². The molecule has 1 aliphatic rings. The fourth-order valence-corrected chi connectivity index (χ4v) is 2.45. The number of rotatable bonds is 3. The Hall–Kier alpha value is -1.69. The topological polar surface area (TPSA) is 79.6 Å². The molecule has 2 aromatic heterocycles. The van der Waals surface area contributed by atoms with Gasteiger partial charge in [0.2, 0.25) is 5.89 Å². The van der Waals surface area contributed by atoms with Gasteiger partial charge in [-0.1, -0.05) is 18.0 Å². The number of H-pyrrole nitrogens is 1. The highest BCUT2D eigenvalue weighted by Crippen LogP contribution is 2.20. The maximum atomic E-state index is 5.32. The minimum Gasteiger partial charge on any atom is -0.339 e. The number of hydrogen-bond donors (Lipinski definition) is 2. The second kappa shape index (κ2) is 5.52. The average Bonchev–Trinajstić information content (AvgIpc) is 2.92. The molecule has 0 aromatic carbocycles. The summed E-state index contributed by atoms with van der Waals surface area (Å²) in [6.45, 7) is 3.01. The number of aromatic amines is 1. The van der Waals surface area contributed by atoms with Gasteiger partial charge >= 0.3 is 0 Å². The van der Waals surface area contributed by atoms with E-state index in [0.29, 0.717) is 12.3 Å². The van der Waals surface area contributed by atoms with Crippen LogP contribution in [-0.2, 0) is 6.42 Å². The van der Waals surface area contributed by atoms with Gasteiger partial charge in [-0.3, -0.25) is 5.10 Å². The van der Waals surface area contributed by atoms with E-state index in [9.17, 15) is 0 Å². The molecule has 6 heteroatoms. The summed E-state index contributed by atoms with van der Waals surface area (Å²) >= 11 is 0. The van der Waals surface area contributed by atoms with E-state index in [1.807, 2.05) is 13.0 Å². The standard InChI is InChI=1S/C13H19N5O/c1-9-7-10(17-16-9)8-12-15-13(18-19-12)11-5-3-2-4-6-14-11/h7,11,14H,2-6,8H2,1H3,(H,16,17). The quantitative estimate of drug-likeness (QED) is 0.882. The highest BCUT2D eigenvalue weighted by molar-refractivity contribution is 5.11. The molecule has 0 radical (unpaired) electrons. The smallest absolute Gasteiger partial charge is 0.232 e. The van der Waals surface area contributed by atoms with Gasteiger partial charge in [0, 0.05) is 5.69 Å². The Kier molecular flexibility index (Phi) is 3.59. The lowest BCUT2D eigenvalue weighted by Gasteiger charge is -2.09. The van der Waals surface area contributed by atoms with Crippen molar-refractivity contribution in [3.05, 3.63) is 29.2 Å². The summed E-state index contributed by atoms with van der Waals surface area (Å²) in [6, 6.07) is 2.23. The van der Waals surface area contributed by atoms with Crippen molar-refractivity contribution in [1.29, 1.82) is 0 Å². The molecular formula is C13H19N5O. The van der Waals surface area contributed by atoms with Crippen LogP contribution < -0.4 is 5.32 Å². The van der Waals surface area contributed by atoms with Crippen molar-refractivity contribution < 1.29 is 4.52 Å². The van der Waals surface area contributed by atoms with Crippen LogP contribution in [0.25, 0.3) is 0 Å². The lowest BCUT2D eigenvalue weighted by atomic mass is 10.1. The number of aryl methyl sites for hydroxylation is 1. The van der Waals surface area contributed by atoms with Gasteiger partial charge in [-0.2, -0.15) is 10.1 Å². The first-order valence-electron chi connectivity index (χ1n) is 6.88. The Balaban J connectivity index is 1.68. The summed E-state index contributed by atoms with van der Waals surface area (Å²) in [6.07, 6.45) is 5.40. The summed E-state index contributed by atoms with van der Waals surface area (Å²) in [5.74, 6) is 1.41. The molecule has 0 aliphatic carbocycles. The summed E-state index contributed by atoms with van der Waals surface area (Å²) in [5.41, 5.74) is 1.97. The molecule has 0 spiro atoms. The van der Waals surface area contributed by atoms with Gasteiger partial charge in [0.25, 0.3) is 0 Å². The number of hydrogen-bond acceptors (Lipinski definition) is 5. The zero-order valence-corrected chi connectivity index (χ0v) is 11.1. The van der Waals surface area contributed by atoms with Crippen molar-refractivity contribution in [2.24, 2.45) is 0 Å². The number of aromatic nitrogens is 4. The fourth-order valence-electron chi connectivity index (χ4n) is 2.45. The molecule has 3 rings (SSSR count). The predicted octanol–water partition coefficient (Wildman–Crippen LogP) is 1.90. The molecule has 1 fully saturated rings. The molecule has 2 aromatic rings. The van der Waals surface area contributed by atoms with Crippen molar-refractivity contribution in [3.8, 4) is 0 Å². The Morgan fingerprint density at radius 3 is 3.16 bits per heavy atom. The molecule has 3 heterocycles. The van der Waals surface area contributed by atoms with Crippen LogP contribution in [0.3, 0.4) is 0 Å². The van der Waals surface area contributed by atoms with Crippen LogP contribution in [-0.4, -0.2) is 26.9 Å². The minimum absolute atomic E-state index is 0.237. The molecule has 1 atom stereocenters. The average molecular weight is 261 g/mol. The summed E-state index contributed by atoms with van der Waals surface area (Å²) in [4.78, 5) is 4.49. The van der Waals surface area contributed by atoms with Gasteiger partial charge in [0.05, 0.1) is 18.2 Å². The molecular weight excluding hydrogens is 242 g/mol.